The molecule has 0 atom stereocenters. The number of aliphatic carboxylic acids is 1. The standard InChI is InChI=1S/C20H22ClN5O.C2HF3O2/c1-2-14-9-17(27)10-18-15(11-24-19(14)18)12-25-26-20(22)23-8-7-13-3-5-16(21)6-4-13;3-2(4,5)1(6)7/h3-6,9-12,24,27H,2,7-8H2,1H3,(H3,22,23,26);(H,6,7)/b25-12+;. The second kappa shape index (κ2) is 11.9. The van der Waals surface area contributed by atoms with Gasteiger partial charge in [0.1, 0.15) is 5.75 Å². The number of halogens is 4. The first-order valence-corrected chi connectivity index (χ1v) is 10.4. The van der Waals surface area contributed by atoms with Gasteiger partial charge in [-0.25, -0.2) is 10.2 Å². The second-order valence-corrected chi connectivity index (χ2v) is 7.38. The van der Waals surface area contributed by atoms with Gasteiger partial charge in [0, 0.05) is 34.2 Å². The van der Waals surface area contributed by atoms with Gasteiger partial charge in [-0.3, -0.25) is 4.99 Å². The summed E-state index contributed by atoms with van der Waals surface area (Å²) in [4.78, 5) is 16.4. The predicted molar refractivity (Wildman–Crippen MR) is 125 cm³/mol. The maximum Gasteiger partial charge on any atom is 0.490 e. The van der Waals surface area contributed by atoms with Crippen molar-refractivity contribution in [3.8, 4) is 5.75 Å². The number of rotatable bonds is 6. The number of aromatic nitrogens is 1. The zero-order chi connectivity index (χ0) is 25.3. The Bertz CT molecular complexity index is 1170. The van der Waals surface area contributed by atoms with Gasteiger partial charge in [0.2, 0.25) is 5.96 Å². The van der Waals surface area contributed by atoms with Gasteiger partial charge in [0.05, 0.1) is 6.21 Å². The number of carboxylic acid groups (broad SMARTS) is 1. The molecule has 0 aliphatic rings. The number of nitrogens with one attached hydrogen (secondary N) is 2. The molecule has 0 bridgehead atoms. The van der Waals surface area contributed by atoms with Crippen LogP contribution in [-0.2, 0) is 17.6 Å². The van der Waals surface area contributed by atoms with E-state index in [4.69, 9.17) is 27.2 Å². The predicted octanol–water partition coefficient (Wildman–Crippen LogP) is 4.20. The molecule has 6 N–H and O–H groups in total. The Labute approximate surface area is 198 Å². The minimum atomic E-state index is -5.08. The highest BCUT2D eigenvalue weighted by Gasteiger charge is 2.38. The molecule has 0 amide bonds. The average molecular weight is 498 g/mol. The maximum absolute atomic E-state index is 10.6. The van der Waals surface area contributed by atoms with Crippen molar-refractivity contribution in [2.45, 2.75) is 25.9 Å². The van der Waals surface area contributed by atoms with Crippen LogP contribution in [0.5, 0.6) is 5.75 Å². The molecular formula is C22H23ClF3N5O3. The summed E-state index contributed by atoms with van der Waals surface area (Å²) in [5.41, 5.74) is 12.6. The van der Waals surface area contributed by atoms with Crippen molar-refractivity contribution in [1.82, 2.24) is 10.4 Å². The van der Waals surface area contributed by atoms with Crippen LogP contribution in [0.25, 0.3) is 10.9 Å². The Morgan fingerprint density at radius 3 is 2.50 bits per heavy atom. The lowest BCUT2D eigenvalue weighted by molar-refractivity contribution is -0.192. The summed E-state index contributed by atoms with van der Waals surface area (Å²) in [5, 5.41) is 22.8. The first-order valence-electron chi connectivity index (χ1n) is 9.97. The molecule has 3 rings (SSSR count). The number of nitrogens with zero attached hydrogens (tertiary/aromatic N) is 2. The van der Waals surface area contributed by atoms with E-state index in [0.717, 1.165) is 45.5 Å². The van der Waals surface area contributed by atoms with E-state index in [2.05, 4.69) is 20.5 Å². The number of carbonyl (C=O) groups is 1. The first kappa shape index (κ1) is 26.5. The Hall–Kier alpha value is -3.73. The Morgan fingerprint density at radius 1 is 1.26 bits per heavy atom. The Kier molecular flexibility index (Phi) is 9.31. The van der Waals surface area contributed by atoms with Gasteiger partial charge in [-0.1, -0.05) is 30.7 Å². The number of phenolic OH excluding ortho intramolecular Hbond substituents is 1. The van der Waals surface area contributed by atoms with Crippen molar-refractivity contribution in [2.75, 3.05) is 6.54 Å². The Balaban J connectivity index is 0.000000509. The molecule has 8 nitrogen and oxygen atoms in total. The number of H-pyrrole nitrogens is 1. The van der Waals surface area contributed by atoms with Crippen LogP contribution < -0.4 is 11.2 Å². The number of fused-ring (bicyclic) bond motifs is 1. The third kappa shape index (κ3) is 8.00. The lowest BCUT2D eigenvalue weighted by Gasteiger charge is -2.02. The van der Waals surface area contributed by atoms with Crippen LogP contribution in [0.1, 0.15) is 23.6 Å². The summed E-state index contributed by atoms with van der Waals surface area (Å²) in [5.74, 6) is -2.27. The van der Waals surface area contributed by atoms with Crippen molar-refractivity contribution in [1.29, 1.82) is 0 Å². The third-order valence-electron chi connectivity index (χ3n) is 4.49. The highest BCUT2D eigenvalue weighted by atomic mass is 35.5. The van der Waals surface area contributed by atoms with Crippen LogP contribution in [-0.4, -0.2) is 46.1 Å². The summed E-state index contributed by atoms with van der Waals surface area (Å²) in [6, 6.07) is 11.1. The molecule has 0 unspecified atom stereocenters. The molecule has 1 aromatic heterocycles. The monoisotopic (exact) mass is 497 g/mol. The number of aromatic amines is 1. The first-order chi connectivity index (χ1) is 16.0. The fourth-order valence-corrected chi connectivity index (χ4v) is 2.98. The van der Waals surface area contributed by atoms with E-state index in [9.17, 15) is 18.3 Å². The smallest absolute Gasteiger partial charge is 0.490 e. The van der Waals surface area contributed by atoms with Crippen molar-refractivity contribution in [2.24, 2.45) is 15.8 Å². The van der Waals surface area contributed by atoms with Gasteiger partial charge in [-0.15, -0.1) is 0 Å². The van der Waals surface area contributed by atoms with Gasteiger partial charge in [-0.05, 0) is 48.2 Å². The minimum Gasteiger partial charge on any atom is -0.508 e. The average Bonchev–Trinajstić information content (AvgIpc) is 3.17. The highest BCUT2D eigenvalue weighted by molar-refractivity contribution is 6.30. The highest BCUT2D eigenvalue weighted by Crippen LogP contribution is 2.26. The van der Waals surface area contributed by atoms with E-state index >= 15 is 0 Å². The largest absolute Gasteiger partial charge is 0.508 e. The van der Waals surface area contributed by atoms with Crippen LogP contribution in [0.4, 0.5) is 13.2 Å². The van der Waals surface area contributed by atoms with Crippen LogP contribution in [0.3, 0.4) is 0 Å². The number of alkyl halides is 3. The molecule has 2 aromatic carbocycles. The summed E-state index contributed by atoms with van der Waals surface area (Å²) < 4.78 is 31.7. The molecule has 12 heteroatoms. The number of carboxylic acids is 1. The van der Waals surface area contributed by atoms with E-state index < -0.39 is 12.1 Å². The van der Waals surface area contributed by atoms with E-state index in [1.807, 2.05) is 37.4 Å². The number of aryl methyl sites for hydroxylation is 1. The van der Waals surface area contributed by atoms with Crippen LogP contribution in [0.2, 0.25) is 5.02 Å². The summed E-state index contributed by atoms with van der Waals surface area (Å²) in [6.45, 7) is 2.60. The number of phenols is 1. The van der Waals surface area contributed by atoms with Crippen LogP contribution >= 0.6 is 11.6 Å². The number of hydrogen-bond acceptors (Lipinski definition) is 4. The number of nitrogens with two attached hydrogens (primary N) is 1. The SMILES string of the molecule is CCc1cc(O)cc2c(/C=N/NC(N)=NCCc3ccc(Cl)cc3)c[nH]c12.O=C(O)C(F)(F)F. The normalized spacial score (nSPS) is 12.0. The zero-order valence-corrected chi connectivity index (χ0v) is 18.8. The van der Waals surface area contributed by atoms with Crippen molar-refractivity contribution >= 4 is 40.6 Å². The number of benzene rings is 2. The topological polar surface area (TPSA) is 136 Å². The molecule has 34 heavy (non-hydrogen) atoms. The zero-order valence-electron chi connectivity index (χ0n) is 18.0. The molecule has 0 spiro atoms. The molecule has 0 saturated carbocycles. The fourth-order valence-electron chi connectivity index (χ4n) is 2.86. The van der Waals surface area contributed by atoms with Crippen LogP contribution in [0, 0.1) is 0 Å². The number of aromatic hydroxyl groups is 1. The van der Waals surface area contributed by atoms with Crippen molar-refractivity contribution in [3.05, 3.63) is 64.3 Å². The van der Waals surface area contributed by atoms with Gasteiger partial charge in [0.15, 0.2) is 0 Å². The fraction of sp³-hybridized carbons (Fsp3) is 0.227. The molecule has 182 valence electrons. The lowest BCUT2D eigenvalue weighted by Crippen LogP contribution is -2.27. The van der Waals surface area contributed by atoms with Crippen molar-refractivity contribution in [3.63, 3.8) is 0 Å². The van der Waals surface area contributed by atoms with E-state index in [1.54, 1.807) is 18.3 Å². The Morgan fingerprint density at radius 2 is 1.91 bits per heavy atom. The third-order valence-corrected chi connectivity index (χ3v) is 4.74. The molecule has 1 heterocycles. The van der Waals surface area contributed by atoms with Crippen molar-refractivity contribution < 1.29 is 28.2 Å². The minimum absolute atomic E-state index is 0.241. The number of hydrazone groups is 1. The summed E-state index contributed by atoms with van der Waals surface area (Å²) >= 11 is 5.87. The van der Waals surface area contributed by atoms with E-state index in [1.165, 1.54) is 0 Å². The second-order valence-electron chi connectivity index (χ2n) is 6.94. The summed E-state index contributed by atoms with van der Waals surface area (Å²) in [7, 11) is 0. The lowest BCUT2D eigenvalue weighted by atomic mass is 10.1. The maximum atomic E-state index is 10.6. The molecule has 3 aromatic rings. The molecule has 0 radical (unpaired) electrons. The number of hydrogen-bond donors (Lipinski definition) is 5. The van der Waals surface area contributed by atoms with Gasteiger partial charge < -0.3 is 20.9 Å². The molecule has 0 fully saturated rings. The van der Waals surface area contributed by atoms with Gasteiger partial charge in [-0.2, -0.15) is 18.3 Å². The van der Waals surface area contributed by atoms with E-state index in [0.29, 0.717) is 6.54 Å². The number of guanidine groups is 1. The number of aliphatic imine (C=N–C) groups is 1. The molecular weight excluding hydrogens is 475 g/mol. The summed E-state index contributed by atoms with van der Waals surface area (Å²) in [6.07, 6.45) is 0.0137. The van der Waals surface area contributed by atoms with Crippen LogP contribution in [0.15, 0.2) is 52.7 Å². The quantitative estimate of drug-likeness (QED) is 0.197. The molecule has 0 saturated heterocycles. The van der Waals surface area contributed by atoms with Gasteiger partial charge >= 0.3 is 12.1 Å². The molecule has 0 aliphatic heterocycles. The van der Waals surface area contributed by atoms with E-state index in [-0.39, 0.29) is 11.7 Å². The van der Waals surface area contributed by atoms with Gasteiger partial charge in [0.25, 0.3) is 0 Å². The molecule has 0 aliphatic carbocycles.